The molecule has 0 heterocycles. The second kappa shape index (κ2) is 6.23. The van der Waals surface area contributed by atoms with E-state index in [4.69, 9.17) is 0 Å². The summed E-state index contributed by atoms with van der Waals surface area (Å²) in [5, 5.41) is 0. The minimum atomic E-state index is 1.05. The first-order chi connectivity index (χ1) is 3.27. The third kappa shape index (κ3) is 8.11. The van der Waals surface area contributed by atoms with Gasteiger partial charge in [-0.15, -0.1) is 0 Å². The fraction of sp³-hybridized carbons (Fsp3) is 1.00. The van der Waals surface area contributed by atoms with Crippen LogP contribution in [0.4, 0.5) is 0 Å². The van der Waals surface area contributed by atoms with Crippen molar-refractivity contribution in [2.45, 2.75) is 0 Å². The Labute approximate surface area is 85.3 Å². The summed E-state index contributed by atoms with van der Waals surface area (Å²) < 4.78 is 5.10. The molecule has 44 valence electrons. The first-order valence-corrected chi connectivity index (χ1v) is 4.71. The average Bonchev–Trinajstić information content (AvgIpc) is 1.61. The van der Waals surface area contributed by atoms with Gasteiger partial charge in [-0.05, 0) is 0 Å². The molecule has 0 aromatic carbocycles. The van der Waals surface area contributed by atoms with Crippen LogP contribution in [0.15, 0.2) is 0 Å². The standard InChI is InChI=1S/C2H5I3N2/c3-6-1-2-7(4)5/h6H,1-2H2. The highest BCUT2D eigenvalue weighted by molar-refractivity contribution is 14.2. The molecule has 0 aliphatic heterocycles. The highest BCUT2D eigenvalue weighted by Gasteiger charge is 1.88. The van der Waals surface area contributed by atoms with Gasteiger partial charge in [-0.3, -0.25) is 3.53 Å². The van der Waals surface area contributed by atoms with Gasteiger partial charge < -0.3 is 0 Å². The molecule has 0 amide bonds. The molecule has 0 fully saturated rings. The van der Waals surface area contributed by atoms with Gasteiger partial charge in [-0.1, -0.05) is 0 Å². The highest BCUT2D eigenvalue weighted by atomic mass is 127. The Morgan fingerprint density at radius 2 is 2.00 bits per heavy atom. The van der Waals surface area contributed by atoms with Crippen LogP contribution in [-0.4, -0.2) is 14.4 Å². The zero-order valence-corrected chi connectivity index (χ0v) is 9.97. The van der Waals surface area contributed by atoms with Crippen LogP contribution in [0.3, 0.4) is 0 Å². The fourth-order valence-corrected chi connectivity index (χ4v) is 0.850. The molecule has 5 heteroatoms. The van der Waals surface area contributed by atoms with Crippen molar-refractivity contribution in [2.75, 3.05) is 13.1 Å². The zero-order valence-electron chi connectivity index (χ0n) is 3.50. The third-order valence-corrected chi connectivity index (χ3v) is 1.88. The normalized spacial score (nSPS) is 10.3. The lowest BCUT2D eigenvalue weighted by Gasteiger charge is -2.00. The van der Waals surface area contributed by atoms with Crippen molar-refractivity contribution in [3.8, 4) is 0 Å². The molecule has 0 rings (SSSR count). The van der Waals surface area contributed by atoms with E-state index in [9.17, 15) is 0 Å². The molecule has 0 spiro atoms. The molecule has 7 heavy (non-hydrogen) atoms. The molecule has 0 aromatic heterocycles. The Hall–Kier alpha value is 2.11. The van der Waals surface area contributed by atoms with Gasteiger partial charge in [0, 0.05) is 81.7 Å². The zero-order chi connectivity index (χ0) is 5.70. The monoisotopic (exact) mass is 438 g/mol. The SMILES string of the molecule is INCCN(I)I. The quantitative estimate of drug-likeness (QED) is 0.536. The lowest BCUT2D eigenvalue weighted by Crippen LogP contribution is -2.11. The van der Waals surface area contributed by atoms with Crippen LogP contribution in [0.25, 0.3) is 0 Å². The molecular weight excluding hydrogens is 433 g/mol. The number of hydrogen-bond donors (Lipinski definition) is 1. The lowest BCUT2D eigenvalue weighted by atomic mass is 10.7. The third-order valence-electron chi connectivity index (χ3n) is 0.375. The Kier molecular flexibility index (Phi) is 8.11. The number of rotatable bonds is 3. The maximum atomic E-state index is 3.02. The Morgan fingerprint density at radius 3 is 2.14 bits per heavy atom. The summed E-state index contributed by atoms with van der Waals surface area (Å²) in [6.07, 6.45) is 0. The van der Waals surface area contributed by atoms with Crippen LogP contribution in [0.5, 0.6) is 0 Å². The van der Waals surface area contributed by atoms with Crippen molar-refractivity contribution >= 4 is 68.6 Å². The summed E-state index contributed by atoms with van der Waals surface area (Å²) in [5.41, 5.74) is 0. The molecule has 0 bridgehead atoms. The van der Waals surface area contributed by atoms with Crippen LogP contribution in [0.1, 0.15) is 0 Å². The summed E-state index contributed by atoms with van der Waals surface area (Å²) in [6.45, 7) is 2.14. The van der Waals surface area contributed by atoms with Crippen molar-refractivity contribution in [1.82, 2.24) is 4.86 Å². The van der Waals surface area contributed by atoms with E-state index < -0.39 is 0 Å². The summed E-state index contributed by atoms with van der Waals surface area (Å²) in [6, 6.07) is 0. The largest absolute Gasteiger partial charge is 0.260 e. The molecule has 0 unspecified atom stereocenters. The molecule has 0 atom stereocenters. The van der Waals surface area contributed by atoms with Gasteiger partial charge in [0.1, 0.15) is 0 Å². The number of nitrogens with one attached hydrogen (secondary N) is 1. The van der Waals surface area contributed by atoms with E-state index in [0.717, 1.165) is 13.1 Å². The van der Waals surface area contributed by atoms with Gasteiger partial charge in [-0.25, -0.2) is 0 Å². The van der Waals surface area contributed by atoms with Gasteiger partial charge in [-0.2, -0.15) is 1.33 Å². The highest BCUT2D eigenvalue weighted by Crippen LogP contribution is 2.03. The Bertz CT molecular complexity index is 39.9. The molecule has 0 radical (unpaired) electrons. The van der Waals surface area contributed by atoms with Crippen LogP contribution < -0.4 is 3.53 Å². The van der Waals surface area contributed by atoms with Crippen molar-refractivity contribution in [3.05, 3.63) is 0 Å². The van der Waals surface area contributed by atoms with Gasteiger partial charge in [0.25, 0.3) is 0 Å². The van der Waals surface area contributed by atoms with Gasteiger partial charge >= 0.3 is 0 Å². The van der Waals surface area contributed by atoms with Crippen molar-refractivity contribution in [2.24, 2.45) is 0 Å². The first kappa shape index (κ1) is 9.11. The van der Waals surface area contributed by atoms with Crippen molar-refractivity contribution in [1.29, 1.82) is 0 Å². The van der Waals surface area contributed by atoms with Crippen molar-refractivity contribution < 1.29 is 0 Å². The second-order valence-electron chi connectivity index (χ2n) is 0.910. The lowest BCUT2D eigenvalue weighted by molar-refractivity contribution is 0.795. The summed E-state index contributed by atoms with van der Waals surface area (Å²) in [4.78, 5) is 0. The Morgan fingerprint density at radius 1 is 1.43 bits per heavy atom. The molecule has 0 saturated carbocycles. The van der Waals surface area contributed by atoms with E-state index in [1.807, 2.05) is 0 Å². The van der Waals surface area contributed by atoms with E-state index in [1.165, 1.54) is 0 Å². The molecule has 0 aliphatic rings. The summed E-state index contributed by atoms with van der Waals surface area (Å²) in [5.74, 6) is 0. The fourth-order valence-electron chi connectivity index (χ4n) is 0.127. The average molecular weight is 438 g/mol. The van der Waals surface area contributed by atoms with E-state index >= 15 is 0 Å². The number of hydrogen-bond acceptors (Lipinski definition) is 2. The predicted molar refractivity (Wildman–Crippen MR) is 56.8 cm³/mol. The first-order valence-electron chi connectivity index (χ1n) is 1.70. The predicted octanol–water partition coefficient (Wildman–Crippen LogP) is 1.93. The van der Waals surface area contributed by atoms with E-state index in [-0.39, 0.29) is 0 Å². The van der Waals surface area contributed by atoms with Gasteiger partial charge in [0.15, 0.2) is 0 Å². The topological polar surface area (TPSA) is 15.3 Å². The smallest absolute Gasteiger partial charge is 0.0318 e. The summed E-state index contributed by atoms with van der Waals surface area (Å²) in [7, 11) is 0. The minimum absolute atomic E-state index is 1.05. The molecule has 0 aliphatic carbocycles. The van der Waals surface area contributed by atoms with Gasteiger partial charge in [0.2, 0.25) is 0 Å². The van der Waals surface area contributed by atoms with Gasteiger partial charge in [0.05, 0.1) is 0 Å². The van der Waals surface area contributed by atoms with Crippen LogP contribution in [0.2, 0.25) is 0 Å². The molecule has 0 saturated heterocycles. The maximum absolute atomic E-state index is 3.02. The van der Waals surface area contributed by atoms with E-state index in [2.05, 4.69) is 73.5 Å². The van der Waals surface area contributed by atoms with Crippen molar-refractivity contribution in [3.63, 3.8) is 0 Å². The molecule has 0 aromatic rings. The minimum Gasteiger partial charge on any atom is -0.260 e. The second-order valence-corrected chi connectivity index (χ2v) is 5.85. The molecular formula is C2H5I3N2. The van der Waals surface area contributed by atoms with E-state index in [0.29, 0.717) is 0 Å². The van der Waals surface area contributed by atoms with Crippen LogP contribution in [-0.2, 0) is 0 Å². The molecule has 1 N–H and O–H groups in total. The molecule has 2 nitrogen and oxygen atoms in total. The Balaban J connectivity index is 2.68. The van der Waals surface area contributed by atoms with E-state index in [1.54, 1.807) is 0 Å². The summed E-state index contributed by atoms with van der Waals surface area (Å²) >= 11 is 6.62. The maximum Gasteiger partial charge on any atom is 0.0318 e. The number of nitrogens with zero attached hydrogens (tertiary/aromatic N) is 1. The number of halogens is 3. The van der Waals surface area contributed by atoms with Crippen LogP contribution in [0, 0.1) is 0 Å². The van der Waals surface area contributed by atoms with Crippen LogP contribution >= 0.6 is 68.6 Å².